The number of aryl methyl sites for hydroxylation is 1. The molecule has 2 heterocycles. The van der Waals surface area contributed by atoms with Crippen LogP contribution in [-0.4, -0.2) is 52.7 Å². The van der Waals surface area contributed by atoms with E-state index in [4.69, 9.17) is 4.99 Å². The van der Waals surface area contributed by atoms with Crippen molar-refractivity contribution < 1.29 is 9.59 Å². The number of anilines is 1. The summed E-state index contributed by atoms with van der Waals surface area (Å²) in [6.45, 7) is 6.25. The van der Waals surface area contributed by atoms with Crippen LogP contribution in [0.15, 0.2) is 29.3 Å². The second-order valence-corrected chi connectivity index (χ2v) is 9.23. The summed E-state index contributed by atoms with van der Waals surface area (Å²) in [5, 5.41) is 3.02. The van der Waals surface area contributed by atoms with Crippen molar-refractivity contribution in [1.29, 1.82) is 0 Å². The molecule has 29 heavy (non-hydrogen) atoms. The molecule has 3 amide bonds. The molecule has 1 spiro atoms. The van der Waals surface area contributed by atoms with Crippen LogP contribution >= 0.6 is 0 Å². The number of nitrogens with one attached hydrogen (secondary N) is 1. The molecule has 3 atom stereocenters. The predicted octanol–water partition coefficient (Wildman–Crippen LogP) is 3.53. The largest absolute Gasteiger partial charge is 0.324 e. The first-order valence-corrected chi connectivity index (χ1v) is 11.0. The lowest BCUT2D eigenvalue weighted by Crippen LogP contribution is -2.47. The van der Waals surface area contributed by atoms with E-state index >= 15 is 0 Å². The van der Waals surface area contributed by atoms with E-state index in [0.29, 0.717) is 18.4 Å². The topological polar surface area (TPSA) is 65.0 Å². The molecule has 4 aliphatic rings. The predicted molar refractivity (Wildman–Crippen MR) is 113 cm³/mol. The van der Waals surface area contributed by atoms with Gasteiger partial charge < -0.3 is 10.2 Å². The zero-order chi connectivity index (χ0) is 20.2. The van der Waals surface area contributed by atoms with Crippen molar-refractivity contribution in [1.82, 2.24) is 9.80 Å². The Kier molecular flexibility index (Phi) is 4.41. The normalized spacial score (nSPS) is 30.8. The number of carbonyl (C=O) groups is 2. The SMILES string of the molecule is CCc1ccc(NC(=O)N2C[C@H]3CC[C@@]4(N=C(C)N(CC5CC5)C4=O)[C@H]3C2)cc1. The molecule has 2 aliphatic heterocycles. The molecule has 0 radical (unpaired) electrons. The summed E-state index contributed by atoms with van der Waals surface area (Å²) in [6.07, 6.45) is 5.23. The minimum Gasteiger partial charge on any atom is -0.324 e. The molecule has 1 saturated heterocycles. The first-order chi connectivity index (χ1) is 14.0. The standard InChI is InChI=1S/C23H30N4O2/c1-3-16-6-8-19(9-7-16)24-22(29)26-13-18-10-11-23(20(18)14-26)21(28)27(15(2)25-23)12-17-4-5-17/h6-9,17-18,20H,3-5,10-14H2,1-2H3,(H,24,29)/t18-,20+,23-/m1/s1. The van der Waals surface area contributed by atoms with Crippen LogP contribution < -0.4 is 5.32 Å². The Morgan fingerprint density at radius 2 is 1.97 bits per heavy atom. The Morgan fingerprint density at radius 3 is 2.66 bits per heavy atom. The van der Waals surface area contributed by atoms with Crippen LogP contribution in [0, 0.1) is 17.8 Å². The highest BCUT2D eigenvalue weighted by atomic mass is 16.2. The molecule has 5 rings (SSSR count). The Morgan fingerprint density at radius 1 is 1.21 bits per heavy atom. The highest BCUT2D eigenvalue weighted by Gasteiger charge is 2.61. The number of likely N-dealkylation sites (tertiary alicyclic amines) is 1. The van der Waals surface area contributed by atoms with Crippen molar-refractivity contribution in [3.8, 4) is 0 Å². The maximum atomic E-state index is 13.4. The maximum absolute atomic E-state index is 13.4. The number of amidine groups is 1. The van der Waals surface area contributed by atoms with Gasteiger partial charge in [-0.25, -0.2) is 4.79 Å². The summed E-state index contributed by atoms with van der Waals surface area (Å²) >= 11 is 0. The first-order valence-electron chi connectivity index (χ1n) is 11.0. The summed E-state index contributed by atoms with van der Waals surface area (Å²) in [4.78, 5) is 35.0. The van der Waals surface area contributed by atoms with Crippen LogP contribution in [0.2, 0.25) is 0 Å². The zero-order valence-corrected chi connectivity index (χ0v) is 17.4. The third-order valence-electron chi connectivity index (χ3n) is 7.36. The van der Waals surface area contributed by atoms with Crippen molar-refractivity contribution >= 4 is 23.5 Å². The van der Waals surface area contributed by atoms with Crippen molar-refractivity contribution in [2.24, 2.45) is 22.7 Å². The lowest BCUT2D eigenvalue weighted by atomic mass is 9.85. The minimum atomic E-state index is -0.624. The molecule has 0 bridgehead atoms. The lowest BCUT2D eigenvalue weighted by Gasteiger charge is -2.28. The van der Waals surface area contributed by atoms with Gasteiger partial charge in [0.05, 0.1) is 0 Å². The summed E-state index contributed by atoms with van der Waals surface area (Å²) in [5.41, 5.74) is 1.45. The third kappa shape index (κ3) is 3.13. The Bertz CT molecular complexity index is 860. The summed E-state index contributed by atoms with van der Waals surface area (Å²) < 4.78 is 0. The van der Waals surface area contributed by atoms with Crippen LogP contribution in [0.25, 0.3) is 0 Å². The monoisotopic (exact) mass is 394 g/mol. The first kappa shape index (κ1) is 18.6. The van der Waals surface area contributed by atoms with Gasteiger partial charge in [-0.1, -0.05) is 19.1 Å². The number of aliphatic imine (C=N–C) groups is 1. The summed E-state index contributed by atoms with van der Waals surface area (Å²) in [5.74, 6) is 2.22. The van der Waals surface area contributed by atoms with Gasteiger partial charge in [-0.2, -0.15) is 0 Å². The van der Waals surface area contributed by atoms with E-state index in [-0.39, 0.29) is 17.9 Å². The average Bonchev–Trinajstić information content (AvgIpc) is 3.25. The van der Waals surface area contributed by atoms with Crippen molar-refractivity contribution in [3.63, 3.8) is 0 Å². The van der Waals surface area contributed by atoms with Gasteiger partial charge in [0, 0.05) is 31.2 Å². The number of hydrogen-bond donors (Lipinski definition) is 1. The molecule has 154 valence electrons. The van der Waals surface area contributed by atoms with Crippen LogP contribution in [-0.2, 0) is 11.2 Å². The summed E-state index contributed by atoms with van der Waals surface area (Å²) in [6, 6.07) is 7.94. The highest BCUT2D eigenvalue weighted by Crippen LogP contribution is 2.50. The van der Waals surface area contributed by atoms with Crippen LogP contribution in [0.1, 0.15) is 45.1 Å². The fourth-order valence-corrected chi connectivity index (χ4v) is 5.44. The quantitative estimate of drug-likeness (QED) is 0.849. The molecule has 3 fully saturated rings. The van der Waals surface area contributed by atoms with Crippen LogP contribution in [0.5, 0.6) is 0 Å². The molecule has 2 aliphatic carbocycles. The number of nitrogens with zero attached hydrogens (tertiary/aromatic N) is 3. The van der Waals surface area contributed by atoms with Gasteiger partial charge in [-0.15, -0.1) is 0 Å². The van der Waals surface area contributed by atoms with E-state index in [1.807, 2.05) is 41.0 Å². The van der Waals surface area contributed by atoms with Gasteiger partial charge in [0.25, 0.3) is 5.91 Å². The number of benzene rings is 1. The van der Waals surface area contributed by atoms with Gasteiger partial charge in [-0.05, 0) is 68.6 Å². The second kappa shape index (κ2) is 6.85. The van der Waals surface area contributed by atoms with Crippen molar-refractivity contribution in [3.05, 3.63) is 29.8 Å². The molecule has 0 unspecified atom stereocenters. The second-order valence-electron chi connectivity index (χ2n) is 9.23. The van der Waals surface area contributed by atoms with E-state index in [2.05, 4.69) is 12.2 Å². The molecule has 1 aromatic carbocycles. The Labute approximate surface area is 172 Å². The number of amides is 3. The van der Waals surface area contributed by atoms with E-state index in [0.717, 1.165) is 43.9 Å². The Balaban J connectivity index is 1.28. The molecule has 6 heteroatoms. The van der Waals surface area contributed by atoms with Gasteiger partial charge in [0.2, 0.25) is 0 Å². The molecule has 6 nitrogen and oxygen atoms in total. The highest BCUT2D eigenvalue weighted by molar-refractivity contribution is 6.08. The van der Waals surface area contributed by atoms with E-state index in [9.17, 15) is 9.59 Å². The van der Waals surface area contributed by atoms with E-state index in [1.165, 1.54) is 18.4 Å². The number of hydrogen-bond acceptors (Lipinski definition) is 3. The van der Waals surface area contributed by atoms with Gasteiger partial charge >= 0.3 is 6.03 Å². The molecule has 2 saturated carbocycles. The fourth-order valence-electron chi connectivity index (χ4n) is 5.44. The maximum Gasteiger partial charge on any atom is 0.321 e. The number of urea groups is 1. The van der Waals surface area contributed by atoms with Gasteiger partial charge in [0.15, 0.2) is 0 Å². The molecule has 0 aromatic heterocycles. The number of fused-ring (bicyclic) bond motifs is 2. The smallest absolute Gasteiger partial charge is 0.321 e. The average molecular weight is 395 g/mol. The zero-order valence-electron chi connectivity index (χ0n) is 17.4. The van der Waals surface area contributed by atoms with E-state index in [1.54, 1.807) is 0 Å². The fraction of sp³-hybridized carbons (Fsp3) is 0.609. The molecular formula is C23H30N4O2. The molecule has 1 N–H and O–H groups in total. The van der Waals surface area contributed by atoms with Crippen LogP contribution in [0.3, 0.4) is 0 Å². The van der Waals surface area contributed by atoms with Crippen molar-refractivity contribution in [2.75, 3.05) is 25.0 Å². The van der Waals surface area contributed by atoms with Crippen LogP contribution in [0.4, 0.5) is 10.5 Å². The minimum absolute atomic E-state index is 0.0696. The van der Waals surface area contributed by atoms with Crippen molar-refractivity contribution in [2.45, 2.75) is 51.5 Å². The number of rotatable bonds is 4. The molecule has 1 aromatic rings. The number of carbonyl (C=O) groups excluding carboxylic acids is 2. The summed E-state index contributed by atoms with van der Waals surface area (Å²) in [7, 11) is 0. The third-order valence-corrected chi connectivity index (χ3v) is 7.36. The van der Waals surface area contributed by atoms with E-state index < -0.39 is 5.54 Å². The van der Waals surface area contributed by atoms with Gasteiger partial charge in [0.1, 0.15) is 11.4 Å². The Hall–Kier alpha value is -2.37. The lowest BCUT2D eigenvalue weighted by molar-refractivity contribution is -0.132. The van der Waals surface area contributed by atoms with Gasteiger partial charge in [-0.3, -0.25) is 14.7 Å². The molecular weight excluding hydrogens is 364 g/mol.